The highest BCUT2D eigenvalue weighted by atomic mass is 32.1. The fourth-order valence-corrected chi connectivity index (χ4v) is 3.23. The van der Waals surface area contributed by atoms with Gasteiger partial charge in [-0.2, -0.15) is 0 Å². The summed E-state index contributed by atoms with van der Waals surface area (Å²) < 4.78 is 0. The second kappa shape index (κ2) is 4.43. The molecular formula is C11H18N2S. The molecule has 2 unspecified atom stereocenters. The minimum atomic E-state index is 0.228. The van der Waals surface area contributed by atoms with E-state index in [2.05, 4.69) is 29.3 Å². The summed E-state index contributed by atoms with van der Waals surface area (Å²) in [6.45, 7) is 4.54. The highest BCUT2D eigenvalue weighted by molar-refractivity contribution is 7.10. The molecule has 2 nitrogen and oxygen atoms in total. The lowest BCUT2D eigenvalue weighted by atomic mass is 10.1. The molecule has 1 aliphatic heterocycles. The van der Waals surface area contributed by atoms with Crippen molar-refractivity contribution in [1.29, 1.82) is 0 Å². The van der Waals surface area contributed by atoms with Gasteiger partial charge in [0.15, 0.2) is 0 Å². The van der Waals surface area contributed by atoms with Crippen LogP contribution in [0.2, 0.25) is 0 Å². The van der Waals surface area contributed by atoms with Crippen LogP contribution in [0.3, 0.4) is 0 Å². The van der Waals surface area contributed by atoms with Crippen LogP contribution in [0.4, 0.5) is 0 Å². The lowest BCUT2D eigenvalue weighted by Crippen LogP contribution is -2.37. The summed E-state index contributed by atoms with van der Waals surface area (Å²) in [6.07, 6.45) is 2.66. The van der Waals surface area contributed by atoms with Crippen molar-refractivity contribution in [2.24, 2.45) is 5.73 Å². The number of nitrogens with two attached hydrogens (primary N) is 1. The highest BCUT2D eigenvalue weighted by Crippen LogP contribution is 2.30. The van der Waals surface area contributed by atoms with E-state index in [9.17, 15) is 0 Å². The van der Waals surface area contributed by atoms with E-state index in [0.717, 1.165) is 0 Å². The molecule has 2 heterocycles. The maximum absolute atomic E-state index is 6.07. The van der Waals surface area contributed by atoms with Crippen LogP contribution < -0.4 is 5.73 Å². The molecule has 1 aromatic rings. The first-order valence-electron chi connectivity index (χ1n) is 5.32. The average Bonchev–Trinajstić information content (AvgIpc) is 2.75. The van der Waals surface area contributed by atoms with Crippen molar-refractivity contribution in [3.05, 3.63) is 22.4 Å². The Bertz CT molecular complexity index is 263. The van der Waals surface area contributed by atoms with Crippen molar-refractivity contribution in [3.63, 3.8) is 0 Å². The predicted octanol–water partition coefficient (Wildman–Crippen LogP) is 2.23. The van der Waals surface area contributed by atoms with E-state index in [1.165, 1.54) is 30.8 Å². The lowest BCUT2D eigenvalue weighted by molar-refractivity contribution is 0.222. The molecule has 0 radical (unpaired) electrons. The molecule has 0 saturated carbocycles. The number of hydrogen-bond donors (Lipinski definition) is 1. The predicted molar refractivity (Wildman–Crippen MR) is 61.5 cm³/mol. The summed E-state index contributed by atoms with van der Waals surface area (Å²) in [4.78, 5) is 3.94. The first-order chi connectivity index (χ1) is 6.79. The molecule has 78 valence electrons. The third kappa shape index (κ3) is 2.00. The van der Waals surface area contributed by atoms with E-state index in [0.29, 0.717) is 6.04 Å². The van der Waals surface area contributed by atoms with Crippen LogP contribution in [0.25, 0.3) is 0 Å². The number of thiophene rings is 1. The zero-order valence-electron chi connectivity index (χ0n) is 8.65. The first kappa shape index (κ1) is 10.1. The first-order valence-corrected chi connectivity index (χ1v) is 6.20. The van der Waals surface area contributed by atoms with Gasteiger partial charge >= 0.3 is 0 Å². The van der Waals surface area contributed by atoms with Crippen molar-refractivity contribution in [2.75, 3.05) is 13.1 Å². The largest absolute Gasteiger partial charge is 0.326 e. The van der Waals surface area contributed by atoms with Gasteiger partial charge in [0.05, 0.1) is 6.04 Å². The summed E-state index contributed by atoms with van der Waals surface area (Å²) in [5.41, 5.74) is 6.07. The van der Waals surface area contributed by atoms with Gasteiger partial charge in [0.2, 0.25) is 0 Å². The van der Waals surface area contributed by atoms with Crippen molar-refractivity contribution >= 4 is 11.3 Å². The van der Waals surface area contributed by atoms with Crippen LogP contribution in [-0.2, 0) is 0 Å². The minimum Gasteiger partial charge on any atom is -0.326 e. The molecule has 14 heavy (non-hydrogen) atoms. The second-order valence-electron chi connectivity index (χ2n) is 4.06. The van der Waals surface area contributed by atoms with E-state index in [1.54, 1.807) is 0 Å². The average molecular weight is 210 g/mol. The molecule has 1 aliphatic rings. The van der Waals surface area contributed by atoms with E-state index in [1.807, 2.05) is 11.3 Å². The summed E-state index contributed by atoms with van der Waals surface area (Å²) in [5.74, 6) is 0. The molecule has 1 saturated heterocycles. The number of rotatable bonds is 3. The molecule has 0 bridgehead atoms. The fraction of sp³-hybridized carbons (Fsp3) is 0.636. The van der Waals surface area contributed by atoms with Gasteiger partial charge in [0.1, 0.15) is 0 Å². The van der Waals surface area contributed by atoms with Gasteiger partial charge in [0.25, 0.3) is 0 Å². The van der Waals surface area contributed by atoms with Crippen LogP contribution in [0.1, 0.15) is 30.7 Å². The Labute approximate surface area is 89.7 Å². The summed E-state index contributed by atoms with van der Waals surface area (Å²) in [5, 5.41) is 2.14. The normalized spacial score (nSPS) is 22.4. The van der Waals surface area contributed by atoms with Gasteiger partial charge < -0.3 is 5.73 Å². The molecule has 0 aliphatic carbocycles. The van der Waals surface area contributed by atoms with Gasteiger partial charge in [-0.05, 0) is 44.3 Å². The number of likely N-dealkylation sites (tertiary alicyclic amines) is 1. The Morgan fingerprint density at radius 1 is 1.43 bits per heavy atom. The third-order valence-corrected chi connectivity index (χ3v) is 3.81. The summed E-state index contributed by atoms with van der Waals surface area (Å²) in [6, 6.07) is 4.99. The Morgan fingerprint density at radius 3 is 2.64 bits per heavy atom. The van der Waals surface area contributed by atoms with Gasteiger partial charge in [-0.3, -0.25) is 4.90 Å². The van der Waals surface area contributed by atoms with Gasteiger partial charge in [0, 0.05) is 10.9 Å². The monoisotopic (exact) mass is 210 g/mol. The zero-order chi connectivity index (χ0) is 9.97. The third-order valence-electron chi connectivity index (χ3n) is 2.87. The molecule has 2 rings (SSSR count). The van der Waals surface area contributed by atoms with Crippen molar-refractivity contribution in [1.82, 2.24) is 4.90 Å². The molecular weight excluding hydrogens is 192 g/mol. The van der Waals surface area contributed by atoms with Crippen LogP contribution in [0.15, 0.2) is 17.5 Å². The van der Waals surface area contributed by atoms with Crippen LogP contribution >= 0.6 is 11.3 Å². The molecule has 3 heteroatoms. The Balaban J connectivity index is 2.15. The SMILES string of the molecule is CC(N)C(c1cccs1)N1CCCC1. The lowest BCUT2D eigenvalue weighted by Gasteiger charge is -2.29. The van der Waals surface area contributed by atoms with Crippen molar-refractivity contribution < 1.29 is 0 Å². The van der Waals surface area contributed by atoms with Crippen LogP contribution in [0.5, 0.6) is 0 Å². The van der Waals surface area contributed by atoms with Crippen LogP contribution in [-0.4, -0.2) is 24.0 Å². The topological polar surface area (TPSA) is 29.3 Å². The Hall–Kier alpha value is -0.380. The molecule has 0 spiro atoms. The molecule has 0 amide bonds. The number of nitrogens with zero attached hydrogens (tertiary/aromatic N) is 1. The second-order valence-corrected chi connectivity index (χ2v) is 5.04. The molecule has 2 N–H and O–H groups in total. The van der Waals surface area contributed by atoms with Gasteiger partial charge in [-0.15, -0.1) is 11.3 Å². The molecule has 0 aromatic carbocycles. The molecule has 1 aromatic heterocycles. The maximum atomic E-state index is 6.07. The highest BCUT2D eigenvalue weighted by Gasteiger charge is 2.26. The van der Waals surface area contributed by atoms with E-state index in [-0.39, 0.29) is 6.04 Å². The van der Waals surface area contributed by atoms with E-state index >= 15 is 0 Å². The zero-order valence-corrected chi connectivity index (χ0v) is 9.46. The van der Waals surface area contributed by atoms with Crippen molar-refractivity contribution in [3.8, 4) is 0 Å². The van der Waals surface area contributed by atoms with Crippen LogP contribution in [0, 0.1) is 0 Å². The Morgan fingerprint density at radius 2 is 2.14 bits per heavy atom. The maximum Gasteiger partial charge on any atom is 0.0590 e. The van der Waals surface area contributed by atoms with E-state index in [4.69, 9.17) is 5.73 Å². The molecule has 1 fully saturated rings. The number of hydrogen-bond acceptors (Lipinski definition) is 3. The van der Waals surface area contributed by atoms with Crippen molar-refractivity contribution in [2.45, 2.75) is 31.8 Å². The smallest absolute Gasteiger partial charge is 0.0590 e. The Kier molecular flexibility index (Phi) is 3.21. The molecule has 2 atom stereocenters. The van der Waals surface area contributed by atoms with E-state index < -0.39 is 0 Å². The standard InChI is InChI=1S/C11H18N2S/c1-9(12)11(10-5-4-8-14-10)13-6-2-3-7-13/h4-5,8-9,11H,2-3,6-7,12H2,1H3. The van der Waals surface area contributed by atoms with Gasteiger partial charge in [-0.25, -0.2) is 0 Å². The van der Waals surface area contributed by atoms with Gasteiger partial charge in [-0.1, -0.05) is 6.07 Å². The minimum absolute atomic E-state index is 0.228. The fourth-order valence-electron chi connectivity index (χ4n) is 2.25. The quantitative estimate of drug-likeness (QED) is 0.829. The summed E-state index contributed by atoms with van der Waals surface area (Å²) in [7, 11) is 0. The summed E-state index contributed by atoms with van der Waals surface area (Å²) >= 11 is 1.82.